The summed E-state index contributed by atoms with van der Waals surface area (Å²) in [4.78, 5) is 23.5. The fourth-order valence-corrected chi connectivity index (χ4v) is 9.52. The van der Waals surface area contributed by atoms with E-state index < -0.39 is 0 Å². The Morgan fingerprint density at radius 3 is 2.76 bits per heavy atom. The van der Waals surface area contributed by atoms with Gasteiger partial charge >= 0.3 is 0 Å². The molecule has 200 valence electrons. The lowest BCUT2D eigenvalue weighted by atomic mass is 9.68. The summed E-state index contributed by atoms with van der Waals surface area (Å²) in [5, 5.41) is 3.50. The number of carbonyl (C=O) groups is 1. The summed E-state index contributed by atoms with van der Waals surface area (Å²) in [5.41, 5.74) is 2.65. The minimum Gasteiger partial charge on any atom is -0.375 e. The van der Waals surface area contributed by atoms with Crippen LogP contribution in [0.15, 0.2) is 30.3 Å². The van der Waals surface area contributed by atoms with Gasteiger partial charge in [0.25, 0.3) is 0 Å². The van der Waals surface area contributed by atoms with Crippen LogP contribution >= 0.6 is 11.3 Å². The number of amides is 1. The van der Waals surface area contributed by atoms with Crippen LogP contribution in [0.4, 0.5) is 0 Å². The number of piperidine rings is 1. The van der Waals surface area contributed by atoms with Crippen molar-refractivity contribution in [2.45, 2.75) is 94.6 Å². The van der Waals surface area contributed by atoms with Crippen LogP contribution in [0.25, 0.3) is 0 Å². The van der Waals surface area contributed by atoms with Gasteiger partial charge in [-0.15, -0.1) is 11.3 Å². The lowest BCUT2D eigenvalue weighted by Crippen LogP contribution is -2.82. The normalized spacial score (nSPS) is 31.4. The highest BCUT2D eigenvalue weighted by atomic mass is 32.1. The number of nitrogens with zero attached hydrogens (tertiary/aromatic N) is 2. The van der Waals surface area contributed by atoms with Crippen molar-refractivity contribution in [1.29, 1.82) is 0 Å². The topological polar surface area (TPSA) is 59.0 Å². The Morgan fingerprint density at radius 2 is 1.97 bits per heavy atom. The molecule has 4 aliphatic rings. The smallest absolute Gasteiger partial charge is 0.232 e. The molecule has 2 aromatic rings. The molecule has 2 N–H and O–H groups in total. The molecule has 0 radical (unpaired) electrons. The number of carbonyl (C=O) groups excluding carboxylic acids is 1. The van der Waals surface area contributed by atoms with E-state index in [9.17, 15) is 4.79 Å². The maximum atomic E-state index is 14.6. The van der Waals surface area contributed by atoms with Crippen LogP contribution in [0.5, 0.6) is 0 Å². The number of rotatable bonds is 5. The molecule has 6 rings (SSSR count). The van der Waals surface area contributed by atoms with Gasteiger partial charge in [-0.2, -0.15) is 0 Å². The Labute approximate surface area is 226 Å². The molecule has 1 amide bonds. The molecule has 37 heavy (non-hydrogen) atoms. The summed E-state index contributed by atoms with van der Waals surface area (Å²) in [7, 11) is 1.76. The number of thiazole rings is 1. The van der Waals surface area contributed by atoms with Crippen LogP contribution < -0.4 is 5.32 Å². The monoisotopic (exact) mass is 522 g/mol. The van der Waals surface area contributed by atoms with E-state index in [1.54, 1.807) is 7.11 Å². The van der Waals surface area contributed by atoms with E-state index in [0.717, 1.165) is 56.7 Å². The van der Waals surface area contributed by atoms with E-state index in [-0.39, 0.29) is 17.4 Å². The predicted molar refractivity (Wildman–Crippen MR) is 148 cm³/mol. The molecule has 3 fully saturated rings. The number of hydrogen-bond donors (Lipinski definition) is 1. The molecule has 5 nitrogen and oxygen atoms in total. The van der Waals surface area contributed by atoms with Crippen LogP contribution in [0, 0.1) is 11.8 Å². The highest BCUT2D eigenvalue weighted by Gasteiger charge is 2.56. The van der Waals surface area contributed by atoms with Crippen molar-refractivity contribution in [1.82, 2.24) is 9.88 Å². The van der Waals surface area contributed by atoms with Gasteiger partial charge in [0, 0.05) is 24.6 Å². The molecule has 5 atom stereocenters. The van der Waals surface area contributed by atoms with E-state index in [2.05, 4.69) is 47.5 Å². The van der Waals surface area contributed by atoms with E-state index in [1.807, 2.05) is 11.3 Å². The van der Waals surface area contributed by atoms with Gasteiger partial charge < -0.3 is 15.0 Å². The third-order valence-corrected chi connectivity index (χ3v) is 11.7. The third kappa shape index (κ3) is 4.68. The molecular formula is C31H44N3O2S+. The first kappa shape index (κ1) is 25.5. The molecule has 1 unspecified atom stereocenters. The fourth-order valence-electron chi connectivity index (χ4n) is 8.09. The molecule has 3 heterocycles. The zero-order valence-electron chi connectivity index (χ0n) is 22.7. The number of aromatic nitrogens is 1. The first-order valence-electron chi connectivity index (χ1n) is 14.8. The van der Waals surface area contributed by atoms with Crippen molar-refractivity contribution in [3.8, 4) is 0 Å². The highest BCUT2D eigenvalue weighted by molar-refractivity contribution is 7.12. The molecule has 1 spiro atoms. The predicted octanol–water partition coefficient (Wildman–Crippen LogP) is 4.97. The Morgan fingerprint density at radius 1 is 1.16 bits per heavy atom. The second-order valence-corrected chi connectivity index (χ2v) is 13.2. The fraction of sp³-hybridized carbons (Fsp3) is 0.677. The molecule has 1 aromatic heterocycles. The van der Waals surface area contributed by atoms with Crippen molar-refractivity contribution in [3.05, 3.63) is 51.5 Å². The van der Waals surface area contributed by atoms with Crippen molar-refractivity contribution in [2.24, 2.45) is 11.8 Å². The van der Waals surface area contributed by atoms with Crippen molar-refractivity contribution in [3.63, 3.8) is 0 Å². The number of methoxy groups -OCH3 is 1. The Bertz CT molecular complexity index is 1080. The lowest BCUT2D eigenvalue weighted by molar-refractivity contribution is -0.640. The van der Waals surface area contributed by atoms with Gasteiger partial charge in [-0.05, 0) is 69.3 Å². The maximum Gasteiger partial charge on any atom is 0.232 e. The summed E-state index contributed by atoms with van der Waals surface area (Å²) < 4.78 is 5.63. The number of likely N-dealkylation sites (tertiary alicyclic amines) is 1. The first-order chi connectivity index (χ1) is 18.1. The van der Waals surface area contributed by atoms with Crippen LogP contribution in [-0.2, 0) is 21.4 Å². The molecule has 1 aromatic carbocycles. The quantitative estimate of drug-likeness (QED) is 0.603. The molecule has 2 saturated heterocycles. The van der Waals surface area contributed by atoms with Gasteiger partial charge in [0.05, 0.1) is 24.2 Å². The zero-order valence-corrected chi connectivity index (χ0v) is 23.5. The van der Waals surface area contributed by atoms with E-state index >= 15 is 0 Å². The van der Waals surface area contributed by atoms with Gasteiger partial charge in [-0.1, -0.05) is 49.6 Å². The van der Waals surface area contributed by atoms with Gasteiger partial charge in [-0.25, -0.2) is 4.98 Å². The number of fused-ring (bicyclic) bond motifs is 2. The number of aryl methyl sites for hydroxylation is 1. The summed E-state index contributed by atoms with van der Waals surface area (Å²) in [5.74, 6) is 1.74. The number of nitrogens with two attached hydrogens (primary N) is 1. The Balaban J connectivity index is 1.30. The van der Waals surface area contributed by atoms with Crippen LogP contribution in [0.3, 0.4) is 0 Å². The van der Waals surface area contributed by atoms with E-state index in [4.69, 9.17) is 9.72 Å². The molecule has 6 heteroatoms. The van der Waals surface area contributed by atoms with Crippen molar-refractivity contribution >= 4 is 17.2 Å². The number of benzene rings is 1. The maximum absolute atomic E-state index is 14.6. The van der Waals surface area contributed by atoms with Gasteiger partial charge in [0.15, 0.2) is 0 Å². The number of quaternary nitrogens is 1. The zero-order chi connectivity index (χ0) is 25.4. The second-order valence-electron chi connectivity index (χ2n) is 12.1. The highest BCUT2D eigenvalue weighted by Crippen LogP contribution is 2.49. The number of hydrogen-bond acceptors (Lipinski definition) is 4. The minimum absolute atomic E-state index is 0.0138. The van der Waals surface area contributed by atoms with Crippen molar-refractivity contribution < 1.29 is 14.8 Å². The largest absolute Gasteiger partial charge is 0.375 e. The van der Waals surface area contributed by atoms with Crippen LogP contribution in [0.2, 0.25) is 0 Å². The van der Waals surface area contributed by atoms with Crippen LogP contribution in [-0.4, -0.2) is 48.6 Å². The summed E-state index contributed by atoms with van der Waals surface area (Å²) >= 11 is 1.83. The average Bonchev–Trinajstić information content (AvgIpc) is 3.59. The number of ether oxygens (including phenoxy) is 1. The molecular weight excluding hydrogens is 478 g/mol. The third-order valence-electron chi connectivity index (χ3n) is 10.2. The summed E-state index contributed by atoms with van der Waals surface area (Å²) in [6.07, 6.45) is 12.1. The Kier molecular flexibility index (Phi) is 7.43. The minimum atomic E-state index is -0.0541. The Hall–Kier alpha value is -1.76. The van der Waals surface area contributed by atoms with Gasteiger partial charge in [0.2, 0.25) is 5.91 Å². The van der Waals surface area contributed by atoms with E-state index in [1.165, 1.54) is 48.2 Å². The standard InChI is InChI=1S/C31H43N3O2S/c1-21(36-2)29-33-26-14-9-16-31(28(26)37-29)20-32-19-25(31)30(35)34-17-15-24(22-10-5-3-6-11-22)18-27(34)23-12-7-4-8-13-23/h3,5-6,10-11,21,23-25,27,32H,4,7-9,12-20H2,1-2H3/p+1/t21?,24-,25+,27+,31-/m1/s1. The summed E-state index contributed by atoms with van der Waals surface area (Å²) in [6, 6.07) is 11.5. The molecule has 2 aliphatic carbocycles. The molecule has 1 saturated carbocycles. The van der Waals surface area contributed by atoms with Crippen LogP contribution in [0.1, 0.15) is 97.9 Å². The van der Waals surface area contributed by atoms with E-state index in [0.29, 0.717) is 23.8 Å². The van der Waals surface area contributed by atoms with Gasteiger partial charge in [-0.3, -0.25) is 4.79 Å². The summed E-state index contributed by atoms with van der Waals surface area (Å²) in [6.45, 7) is 4.94. The molecule has 2 aliphatic heterocycles. The second kappa shape index (κ2) is 10.8. The first-order valence-corrected chi connectivity index (χ1v) is 15.6. The van der Waals surface area contributed by atoms with Crippen molar-refractivity contribution in [2.75, 3.05) is 26.7 Å². The molecule has 0 bridgehead atoms. The SMILES string of the molecule is COC(C)c1nc2c(s1)[C@]1(CCC2)C[NH2+]C[C@H]1C(=O)N1CC[C@@H](c2ccccc2)C[C@H]1C1CCCCC1. The van der Waals surface area contributed by atoms with Gasteiger partial charge in [0.1, 0.15) is 17.0 Å². The lowest BCUT2D eigenvalue weighted by Gasteiger charge is -2.47. The average molecular weight is 523 g/mol.